The average molecular weight is 510 g/mol. The smallest absolute Gasteiger partial charge is 0.331 e. The fourth-order valence-electron chi connectivity index (χ4n) is 5.90. The summed E-state index contributed by atoms with van der Waals surface area (Å²) in [7, 11) is 5.01. The minimum atomic E-state index is -1.38. The average Bonchev–Trinajstić information content (AvgIpc) is 3.45. The topological polar surface area (TPSA) is 91.7 Å². The van der Waals surface area contributed by atoms with E-state index in [0.717, 1.165) is 6.42 Å². The van der Waals surface area contributed by atoms with E-state index < -0.39 is 23.5 Å². The van der Waals surface area contributed by atoms with Gasteiger partial charge in [0.25, 0.3) is 5.91 Å². The van der Waals surface area contributed by atoms with Gasteiger partial charge in [-0.3, -0.25) is 4.79 Å². The van der Waals surface area contributed by atoms with Gasteiger partial charge in [0.2, 0.25) is 5.79 Å². The molecule has 0 aromatic carbocycles. The van der Waals surface area contributed by atoms with Crippen molar-refractivity contribution in [2.75, 3.05) is 14.2 Å². The van der Waals surface area contributed by atoms with Crippen LogP contribution < -0.4 is 5.32 Å². The van der Waals surface area contributed by atoms with E-state index in [2.05, 4.69) is 43.2 Å². The Morgan fingerprint density at radius 2 is 2.08 bits per heavy atom. The lowest BCUT2D eigenvalue weighted by molar-refractivity contribution is -0.225. The van der Waals surface area contributed by atoms with Gasteiger partial charge in [0.15, 0.2) is 0 Å². The third kappa shape index (κ3) is 5.22. The Morgan fingerprint density at radius 1 is 1.32 bits per heavy atom. The lowest BCUT2D eigenvalue weighted by atomic mass is 9.65. The zero-order valence-electron chi connectivity index (χ0n) is 22.9. The Kier molecular flexibility index (Phi) is 7.62. The molecule has 1 aromatic heterocycles. The van der Waals surface area contributed by atoms with Gasteiger partial charge in [0, 0.05) is 33.5 Å². The fraction of sp³-hybridized carbons (Fsp3) is 0.552. The van der Waals surface area contributed by atoms with E-state index in [1.54, 1.807) is 25.5 Å². The number of nitrogens with one attached hydrogen (secondary N) is 1. The molecule has 0 spiro atoms. The van der Waals surface area contributed by atoms with Gasteiger partial charge >= 0.3 is 5.97 Å². The number of amides is 1. The standard InChI is InChI=1S/C29H39N3O5/c1-18(2)21-10-8-19(3)22-15-25(36-26(33)11-9-20-16-32(6)17-31-20)28(4)12-13-29(35-7,37-28)24(14-23(21)22)27(34)30-5/h8-9,11-14,16-18,21-23,25H,10,15H2,1-7H3,(H,30,34)/b11-9+,24-14-/t21-,22+,23-,25+,28+,29-/m1/s1. The maximum atomic E-state index is 13.2. The maximum Gasteiger partial charge on any atom is 0.331 e. The largest absolute Gasteiger partial charge is 0.456 e. The van der Waals surface area contributed by atoms with Gasteiger partial charge < -0.3 is 24.1 Å². The summed E-state index contributed by atoms with van der Waals surface area (Å²) in [6.07, 6.45) is 15.4. The molecule has 0 fully saturated rings. The highest BCUT2D eigenvalue weighted by Gasteiger charge is 2.54. The number of rotatable bonds is 6. The molecular formula is C29H39N3O5. The number of carbonyl (C=O) groups is 2. The minimum Gasteiger partial charge on any atom is -0.456 e. The molecule has 0 unspecified atom stereocenters. The highest BCUT2D eigenvalue weighted by Crippen LogP contribution is 2.49. The van der Waals surface area contributed by atoms with Gasteiger partial charge in [-0.25, -0.2) is 9.78 Å². The van der Waals surface area contributed by atoms with Crippen LogP contribution in [0.1, 0.15) is 46.2 Å². The number of nitrogens with zero attached hydrogens (tertiary/aromatic N) is 2. The molecule has 8 nitrogen and oxygen atoms in total. The number of imidazole rings is 1. The number of allylic oxidation sites excluding steroid dienone is 3. The molecule has 0 saturated heterocycles. The molecular weight excluding hydrogens is 470 g/mol. The Bertz CT molecular complexity index is 1160. The number of aromatic nitrogens is 2. The van der Waals surface area contributed by atoms with Gasteiger partial charge in [-0.15, -0.1) is 0 Å². The molecule has 3 heterocycles. The van der Waals surface area contributed by atoms with Gasteiger partial charge in [-0.1, -0.05) is 31.6 Å². The van der Waals surface area contributed by atoms with Crippen molar-refractivity contribution in [2.45, 2.75) is 58.0 Å². The van der Waals surface area contributed by atoms with Crippen molar-refractivity contribution in [1.82, 2.24) is 14.9 Å². The summed E-state index contributed by atoms with van der Waals surface area (Å²) in [6.45, 7) is 8.44. The summed E-state index contributed by atoms with van der Waals surface area (Å²) >= 11 is 0. The predicted molar refractivity (Wildman–Crippen MR) is 141 cm³/mol. The van der Waals surface area contributed by atoms with Gasteiger partial charge in [0.1, 0.15) is 11.7 Å². The van der Waals surface area contributed by atoms with Crippen LogP contribution in [0.4, 0.5) is 0 Å². The van der Waals surface area contributed by atoms with E-state index in [9.17, 15) is 9.59 Å². The van der Waals surface area contributed by atoms with Crippen LogP contribution in [0.3, 0.4) is 0 Å². The van der Waals surface area contributed by atoms with Crippen molar-refractivity contribution in [3.63, 3.8) is 0 Å². The number of fused-ring (bicyclic) bond motifs is 3. The number of methoxy groups -OCH3 is 1. The Balaban J connectivity index is 1.76. The first-order valence-electron chi connectivity index (χ1n) is 12.9. The Hall–Kier alpha value is -2.97. The molecule has 1 aromatic rings. The molecule has 200 valence electrons. The zero-order valence-corrected chi connectivity index (χ0v) is 22.9. The van der Waals surface area contributed by atoms with E-state index in [0.29, 0.717) is 29.5 Å². The summed E-state index contributed by atoms with van der Waals surface area (Å²) in [5.41, 5.74) is 1.32. The van der Waals surface area contributed by atoms with Crippen molar-refractivity contribution in [2.24, 2.45) is 30.7 Å². The summed E-state index contributed by atoms with van der Waals surface area (Å²) in [5, 5.41) is 2.77. The highest BCUT2D eigenvalue weighted by atomic mass is 16.7. The molecule has 2 aliphatic heterocycles. The third-order valence-electron chi connectivity index (χ3n) is 8.11. The number of esters is 1. The zero-order chi connectivity index (χ0) is 27.0. The van der Waals surface area contributed by atoms with Crippen molar-refractivity contribution < 1.29 is 23.8 Å². The quantitative estimate of drug-likeness (QED) is 0.355. The maximum absolute atomic E-state index is 13.2. The van der Waals surface area contributed by atoms with E-state index in [1.165, 1.54) is 18.8 Å². The van der Waals surface area contributed by atoms with Crippen molar-refractivity contribution >= 4 is 18.0 Å². The van der Waals surface area contributed by atoms with Crippen LogP contribution in [0, 0.1) is 23.7 Å². The third-order valence-corrected chi connectivity index (χ3v) is 8.11. The van der Waals surface area contributed by atoms with E-state index >= 15 is 0 Å². The van der Waals surface area contributed by atoms with Crippen molar-refractivity contribution in [3.8, 4) is 0 Å². The van der Waals surface area contributed by atoms with E-state index in [1.807, 2.05) is 30.8 Å². The van der Waals surface area contributed by atoms with Crippen LogP contribution >= 0.6 is 0 Å². The van der Waals surface area contributed by atoms with Gasteiger partial charge in [-0.05, 0) is 68.6 Å². The summed E-state index contributed by atoms with van der Waals surface area (Å²) in [4.78, 5) is 30.5. The van der Waals surface area contributed by atoms with Crippen LogP contribution in [-0.2, 0) is 30.8 Å². The van der Waals surface area contributed by atoms with E-state index in [-0.39, 0.29) is 17.7 Å². The van der Waals surface area contributed by atoms with Crippen LogP contribution in [-0.4, -0.2) is 53.1 Å². The molecule has 8 heteroatoms. The van der Waals surface area contributed by atoms with Crippen LogP contribution in [0.5, 0.6) is 0 Å². The van der Waals surface area contributed by atoms with Gasteiger partial charge in [-0.2, -0.15) is 0 Å². The monoisotopic (exact) mass is 509 g/mol. The highest BCUT2D eigenvalue weighted by molar-refractivity contribution is 5.95. The first kappa shape index (κ1) is 27.1. The number of aryl methyl sites for hydroxylation is 1. The molecule has 37 heavy (non-hydrogen) atoms. The lowest BCUT2D eigenvalue weighted by Gasteiger charge is -2.41. The summed E-state index contributed by atoms with van der Waals surface area (Å²) in [6, 6.07) is 0. The molecule has 0 radical (unpaired) electrons. The van der Waals surface area contributed by atoms with Crippen LogP contribution in [0.15, 0.2) is 54.1 Å². The number of hydrogen-bond acceptors (Lipinski definition) is 6. The molecule has 1 N–H and O–H groups in total. The number of hydrogen-bond donors (Lipinski definition) is 1. The van der Waals surface area contributed by atoms with E-state index in [4.69, 9.17) is 14.2 Å². The molecule has 1 aliphatic carbocycles. The fourth-order valence-corrected chi connectivity index (χ4v) is 5.90. The second-order valence-electron chi connectivity index (χ2n) is 10.9. The molecule has 4 rings (SSSR count). The second kappa shape index (κ2) is 10.4. The SMILES string of the molecule is CNC(=O)/C1=C/[C@@H]2[C@@H](C(C)C)CC=C(C)[C@@H]2C[C@H](OC(=O)/C=C/c2cn(C)cn2)[C@]2(C)C=C[C@@]1(OC)O2. The number of ether oxygens (including phenoxy) is 3. The summed E-state index contributed by atoms with van der Waals surface area (Å²) < 4.78 is 20.4. The van der Waals surface area contributed by atoms with Crippen molar-refractivity contribution in [1.29, 1.82) is 0 Å². The minimum absolute atomic E-state index is 0.0505. The predicted octanol–water partition coefficient (Wildman–Crippen LogP) is 3.96. The second-order valence-corrected chi connectivity index (χ2v) is 10.9. The summed E-state index contributed by atoms with van der Waals surface area (Å²) in [5.74, 6) is -1.28. The molecule has 2 bridgehead atoms. The van der Waals surface area contributed by atoms with Crippen molar-refractivity contribution in [3.05, 3.63) is 59.7 Å². The number of likely N-dealkylation sites (N-methyl/N-ethyl adjacent to an activating group) is 1. The Morgan fingerprint density at radius 3 is 2.70 bits per heavy atom. The van der Waals surface area contributed by atoms with Gasteiger partial charge in [0.05, 0.1) is 17.6 Å². The van der Waals surface area contributed by atoms with Crippen LogP contribution in [0.2, 0.25) is 0 Å². The molecule has 6 atom stereocenters. The lowest BCUT2D eigenvalue weighted by Crippen LogP contribution is -2.48. The first-order valence-corrected chi connectivity index (χ1v) is 12.9. The normalized spacial score (nSPS) is 34.7. The molecule has 1 amide bonds. The first-order chi connectivity index (χ1) is 17.5. The molecule has 0 saturated carbocycles. The number of carbonyl (C=O) groups excluding carboxylic acids is 2. The Labute approximate surface area is 219 Å². The molecule has 3 aliphatic rings. The van der Waals surface area contributed by atoms with Crippen LogP contribution in [0.25, 0.3) is 6.08 Å².